The molecule has 7 nitrogen and oxygen atoms in total. The second-order valence-corrected chi connectivity index (χ2v) is 12.0. The molecule has 1 fully saturated rings. The van der Waals surface area contributed by atoms with Crippen molar-refractivity contribution >= 4 is 46.3 Å². The Bertz CT molecular complexity index is 1700. The van der Waals surface area contributed by atoms with E-state index >= 15 is 4.39 Å². The van der Waals surface area contributed by atoms with Crippen LogP contribution in [0.15, 0.2) is 12.1 Å². The summed E-state index contributed by atoms with van der Waals surface area (Å²) in [5.41, 5.74) is 4.90. The summed E-state index contributed by atoms with van der Waals surface area (Å²) >= 11 is 11.7. The Morgan fingerprint density at radius 3 is 2.85 bits per heavy atom. The number of pyridine rings is 2. The van der Waals surface area contributed by atoms with Gasteiger partial charge < -0.3 is 24.8 Å². The third kappa shape index (κ3) is 3.44. The molecule has 1 aromatic carbocycles. The summed E-state index contributed by atoms with van der Waals surface area (Å²) in [4.78, 5) is 18.3. The molecule has 3 aromatic rings. The van der Waals surface area contributed by atoms with Crippen molar-refractivity contribution in [1.29, 1.82) is 0 Å². The normalized spacial score (nSPS) is 26.1. The number of nitrogens with one attached hydrogen (secondary N) is 1. The van der Waals surface area contributed by atoms with E-state index in [1.165, 1.54) is 6.07 Å². The molecule has 4 aliphatic rings. The number of halogens is 1. The van der Waals surface area contributed by atoms with E-state index in [1.807, 2.05) is 17.6 Å². The van der Waals surface area contributed by atoms with Crippen LogP contribution in [0, 0.1) is 29.2 Å². The van der Waals surface area contributed by atoms with Gasteiger partial charge in [-0.3, -0.25) is 0 Å². The fourth-order valence-electron chi connectivity index (χ4n) is 6.75. The molecule has 2 aromatic heterocycles. The van der Waals surface area contributed by atoms with Crippen molar-refractivity contribution in [1.82, 2.24) is 14.9 Å². The van der Waals surface area contributed by atoms with Crippen LogP contribution >= 0.6 is 24.4 Å². The smallest absolute Gasteiger partial charge is 0.343 e. The molecule has 4 atom stereocenters. The van der Waals surface area contributed by atoms with Crippen molar-refractivity contribution in [2.45, 2.75) is 64.3 Å². The lowest BCUT2D eigenvalue weighted by molar-refractivity contribution is -0.172. The quantitative estimate of drug-likeness (QED) is 0.247. The molecular weight excluding hydrogens is 537 g/mol. The van der Waals surface area contributed by atoms with Gasteiger partial charge in [-0.1, -0.05) is 31.4 Å². The van der Waals surface area contributed by atoms with Crippen molar-refractivity contribution in [3.8, 4) is 11.4 Å². The zero-order valence-electron chi connectivity index (χ0n) is 21.6. The molecule has 3 N–H and O–H groups in total. The Hall–Kier alpha value is -2.79. The SMILES string of the molecule is CC[C@@]1(O)C(=O)OCc2c1cc1n(c2=S)Cc2c-1nc1cc(F)c(C)c3c1c2[C@@H](NC(=S)C1CC1CO)CC3. The molecule has 2 aliphatic carbocycles. The van der Waals surface area contributed by atoms with Crippen LogP contribution < -0.4 is 5.32 Å². The number of aliphatic hydroxyl groups excluding tert-OH is 1. The molecule has 10 heteroatoms. The van der Waals surface area contributed by atoms with Gasteiger partial charge in [0.2, 0.25) is 0 Å². The third-order valence-corrected chi connectivity index (χ3v) is 10.1. The number of aryl methyl sites for hydroxylation is 1. The van der Waals surface area contributed by atoms with Crippen LogP contribution in [0.3, 0.4) is 0 Å². The zero-order valence-corrected chi connectivity index (χ0v) is 23.3. The van der Waals surface area contributed by atoms with Gasteiger partial charge in [0.15, 0.2) is 5.60 Å². The van der Waals surface area contributed by atoms with Crippen LogP contribution in [-0.2, 0) is 34.7 Å². The molecular formula is C29H28FN3O4S2. The minimum Gasteiger partial charge on any atom is -0.458 e. The molecule has 0 spiro atoms. The highest BCUT2D eigenvalue weighted by Gasteiger charge is 2.45. The number of hydrogen-bond donors (Lipinski definition) is 3. The molecule has 2 unspecified atom stereocenters. The van der Waals surface area contributed by atoms with Crippen molar-refractivity contribution in [2.24, 2.45) is 11.8 Å². The molecule has 7 rings (SSSR count). The summed E-state index contributed by atoms with van der Waals surface area (Å²) in [7, 11) is 0. The lowest BCUT2D eigenvalue weighted by atomic mass is 9.81. The maximum atomic E-state index is 15.1. The van der Waals surface area contributed by atoms with Gasteiger partial charge in [0.05, 0.1) is 34.5 Å². The Labute approximate surface area is 235 Å². The van der Waals surface area contributed by atoms with E-state index in [-0.39, 0.29) is 43.3 Å². The highest BCUT2D eigenvalue weighted by molar-refractivity contribution is 7.80. The molecule has 2 aliphatic heterocycles. The number of ether oxygens (including phenoxy) is 1. The molecule has 202 valence electrons. The van der Waals surface area contributed by atoms with E-state index in [9.17, 15) is 15.0 Å². The van der Waals surface area contributed by atoms with Crippen LogP contribution in [0.5, 0.6) is 0 Å². The van der Waals surface area contributed by atoms with E-state index in [2.05, 4.69) is 5.32 Å². The summed E-state index contributed by atoms with van der Waals surface area (Å²) in [6, 6.07) is 3.21. The van der Waals surface area contributed by atoms with Crippen molar-refractivity contribution in [3.05, 3.63) is 56.0 Å². The molecule has 39 heavy (non-hydrogen) atoms. The number of nitrogens with zero attached hydrogens (tertiary/aromatic N) is 2. The predicted octanol–water partition coefficient (Wildman–Crippen LogP) is 4.43. The third-order valence-electron chi connectivity index (χ3n) is 9.19. The highest BCUT2D eigenvalue weighted by atomic mass is 32.1. The topological polar surface area (TPSA) is 96.6 Å². The van der Waals surface area contributed by atoms with Crippen LogP contribution in [0.1, 0.15) is 65.6 Å². The number of fused-ring (bicyclic) bond motifs is 5. The van der Waals surface area contributed by atoms with Gasteiger partial charge in [-0.25, -0.2) is 14.2 Å². The lowest BCUT2D eigenvalue weighted by Crippen LogP contribution is -2.41. The van der Waals surface area contributed by atoms with E-state index in [0.29, 0.717) is 51.2 Å². The lowest BCUT2D eigenvalue weighted by Gasteiger charge is -2.32. The fourth-order valence-corrected chi connectivity index (χ4v) is 7.51. The van der Waals surface area contributed by atoms with Gasteiger partial charge in [-0.15, -0.1) is 0 Å². The standard InChI is InChI=1S/C29H28FN3O4S2/c1-3-29(36)18-7-22-25-16(9-33(22)27(39)17(18)11-37-28(29)35)24-20(32-26(38)15-6-13(15)10-34)5-4-14-12(2)19(30)8-21(31-25)23(14)24/h7-8,13,15,20,34,36H,3-6,9-11H2,1-2H3,(H,32,38)/t13?,15?,20-,29-/m0/s1. The first-order valence-corrected chi connectivity index (χ1v) is 14.2. The van der Waals surface area contributed by atoms with Crippen LogP contribution in [0.2, 0.25) is 0 Å². The van der Waals surface area contributed by atoms with Gasteiger partial charge in [0, 0.05) is 40.7 Å². The molecule has 0 bridgehead atoms. The monoisotopic (exact) mass is 565 g/mol. The molecule has 1 saturated carbocycles. The van der Waals surface area contributed by atoms with E-state index in [1.54, 1.807) is 6.92 Å². The summed E-state index contributed by atoms with van der Waals surface area (Å²) in [5, 5.41) is 25.4. The second kappa shape index (κ2) is 8.60. The number of esters is 1. The number of hydrogen-bond acceptors (Lipinski definition) is 7. The Morgan fingerprint density at radius 1 is 1.33 bits per heavy atom. The van der Waals surface area contributed by atoms with Gasteiger partial charge in [-0.05, 0) is 61.3 Å². The van der Waals surface area contributed by atoms with Crippen LogP contribution in [0.4, 0.5) is 4.39 Å². The average Bonchev–Trinajstić information content (AvgIpc) is 3.64. The summed E-state index contributed by atoms with van der Waals surface area (Å²) in [6.07, 6.45) is 2.47. The number of aliphatic hydroxyl groups is 2. The number of rotatable bonds is 4. The fraction of sp³-hybridized carbons (Fsp3) is 0.448. The zero-order chi connectivity index (χ0) is 27.4. The van der Waals surface area contributed by atoms with Crippen LogP contribution in [0.25, 0.3) is 22.3 Å². The van der Waals surface area contributed by atoms with Gasteiger partial charge in [0.25, 0.3) is 0 Å². The second-order valence-electron chi connectivity index (χ2n) is 11.2. The van der Waals surface area contributed by atoms with E-state index in [4.69, 9.17) is 34.2 Å². The first-order chi connectivity index (χ1) is 18.7. The minimum absolute atomic E-state index is 0.00855. The minimum atomic E-state index is -1.79. The van der Waals surface area contributed by atoms with Gasteiger partial charge in [0.1, 0.15) is 17.1 Å². The van der Waals surface area contributed by atoms with Crippen LogP contribution in [-0.4, -0.2) is 37.3 Å². The van der Waals surface area contributed by atoms with E-state index in [0.717, 1.165) is 39.9 Å². The van der Waals surface area contributed by atoms with E-state index < -0.39 is 11.6 Å². The van der Waals surface area contributed by atoms with Gasteiger partial charge in [-0.2, -0.15) is 0 Å². The summed E-state index contributed by atoms with van der Waals surface area (Å²) in [6.45, 7) is 4.15. The maximum Gasteiger partial charge on any atom is 0.343 e. The predicted molar refractivity (Wildman–Crippen MR) is 149 cm³/mol. The Balaban J connectivity index is 1.45. The first kappa shape index (κ1) is 25.2. The van der Waals surface area contributed by atoms with Crippen molar-refractivity contribution in [3.63, 3.8) is 0 Å². The number of cyclic esters (lactones) is 1. The average molecular weight is 566 g/mol. The molecule has 0 radical (unpaired) electrons. The van der Waals surface area contributed by atoms with Crippen molar-refractivity contribution in [2.75, 3.05) is 6.61 Å². The number of carbonyl (C=O) groups is 1. The number of carbonyl (C=O) groups excluding carboxylic acids is 1. The molecule has 4 heterocycles. The number of aromatic nitrogens is 2. The molecule has 0 saturated heterocycles. The Morgan fingerprint density at radius 2 is 2.13 bits per heavy atom. The largest absolute Gasteiger partial charge is 0.458 e. The first-order valence-electron chi connectivity index (χ1n) is 13.4. The number of benzene rings is 1. The van der Waals surface area contributed by atoms with Gasteiger partial charge >= 0.3 is 5.97 Å². The highest BCUT2D eigenvalue weighted by Crippen LogP contribution is 2.48. The summed E-state index contributed by atoms with van der Waals surface area (Å²) < 4.78 is 22.9. The number of thiocarbonyl (C=S) groups is 1. The molecule has 0 amide bonds. The maximum absolute atomic E-state index is 15.1. The summed E-state index contributed by atoms with van der Waals surface area (Å²) in [5.74, 6) is -0.590. The Kier molecular flexibility index (Phi) is 5.56. The van der Waals surface area contributed by atoms with Crippen molar-refractivity contribution < 1.29 is 24.1 Å².